The standard InChI is InChI=1S/C15H30N2O2/c1-5-12-7-10-17(11-8-13(12)6-9-16)14(18)19-15(2,3)4/h12-13H,5-11,16H2,1-4H3. The second kappa shape index (κ2) is 7.13. The van der Waals surface area contributed by atoms with E-state index in [2.05, 4.69) is 6.92 Å². The SMILES string of the molecule is CCC1CCN(C(=O)OC(C)(C)C)CCC1CCN. The molecule has 1 amide bonds. The van der Waals surface area contributed by atoms with Crippen molar-refractivity contribution < 1.29 is 9.53 Å². The maximum absolute atomic E-state index is 12.1. The van der Waals surface area contributed by atoms with Crippen molar-refractivity contribution in [2.24, 2.45) is 17.6 Å². The summed E-state index contributed by atoms with van der Waals surface area (Å²) in [6.45, 7) is 10.3. The summed E-state index contributed by atoms with van der Waals surface area (Å²) >= 11 is 0. The van der Waals surface area contributed by atoms with E-state index in [4.69, 9.17) is 10.5 Å². The van der Waals surface area contributed by atoms with Crippen molar-refractivity contribution in [3.63, 3.8) is 0 Å². The molecule has 0 aromatic rings. The van der Waals surface area contributed by atoms with Crippen LogP contribution in [0.1, 0.15) is 53.4 Å². The predicted octanol–water partition coefficient (Wildman–Crippen LogP) is 3.01. The first kappa shape index (κ1) is 16.3. The molecule has 112 valence electrons. The Morgan fingerprint density at radius 2 is 1.84 bits per heavy atom. The number of amides is 1. The number of carbonyl (C=O) groups excluding carboxylic acids is 1. The molecular formula is C15H30N2O2. The Balaban J connectivity index is 2.58. The van der Waals surface area contributed by atoms with Crippen LogP contribution >= 0.6 is 0 Å². The molecule has 0 aliphatic carbocycles. The zero-order valence-electron chi connectivity index (χ0n) is 12.9. The van der Waals surface area contributed by atoms with E-state index in [1.165, 1.54) is 6.42 Å². The van der Waals surface area contributed by atoms with Gasteiger partial charge >= 0.3 is 6.09 Å². The zero-order chi connectivity index (χ0) is 14.5. The third-order valence-electron chi connectivity index (χ3n) is 3.92. The lowest BCUT2D eigenvalue weighted by atomic mass is 9.84. The fourth-order valence-corrected chi connectivity index (χ4v) is 2.87. The molecule has 1 rings (SSSR count). The van der Waals surface area contributed by atoms with E-state index in [-0.39, 0.29) is 6.09 Å². The largest absolute Gasteiger partial charge is 0.444 e. The Labute approximate surface area is 117 Å². The summed E-state index contributed by atoms with van der Waals surface area (Å²) in [6.07, 6.45) is 4.19. The van der Waals surface area contributed by atoms with Gasteiger partial charge in [0.25, 0.3) is 0 Å². The zero-order valence-corrected chi connectivity index (χ0v) is 12.9. The summed E-state index contributed by atoms with van der Waals surface area (Å²) in [5.41, 5.74) is 5.29. The van der Waals surface area contributed by atoms with Crippen molar-refractivity contribution in [2.75, 3.05) is 19.6 Å². The molecule has 1 aliphatic heterocycles. The number of carbonyl (C=O) groups is 1. The van der Waals surface area contributed by atoms with Gasteiger partial charge in [-0.2, -0.15) is 0 Å². The summed E-state index contributed by atoms with van der Waals surface area (Å²) in [5.74, 6) is 1.35. The van der Waals surface area contributed by atoms with Crippen LogP contribution in [-0.4, -0.2) is 36.2 Å². The van der Waals surface area contributed by atoms with Crippen molar-refractivity contribution in [2.45, 2.75) is 59.0 Å². The molecule has 2 unspecified atom stereocenters. The highest BCUT2D eigenvalue weighted by atomic mass is 16.6. The first-order valence-electron chi connectivity index (χ1n) is 7.55. The predicted molar refractivity (Wildman–Crippen MR) is 78.0 cm³/mol. The molecule has 1 fully saturated rings. The van der Waals surface area contributed by atoms with Crippen LogP contribution < -0.4 is 5.73 Å². The van der Waals surface area contributed by atoms with Crippen molar-refractivity contribution in [3.05, 3.63) is 0 Å². The lowest BCUT2D eigenvalue weighted by Crippen LogP contribution is -2.37. The summed E-state index contributed by atoms with van der Waals surface area (Å²) < 4.78 is 5.46. The van der Waals surface area contributed by atoms with E-state index in [1.807, 2.05) is 25.7 Å². The van der Waals surface area contributed by atoms with Crippen LogP contribution in [0.5, 0.6) is 0 Å². The van der Waals surface area contributed by atoms with Gasteiger partial charge in [-0.3, -0.25) is 0 Å². The molecule has 0 spiro atoms. The monoisotopic (exact) mass is 270 g/mol. The van der Waals surface area contributed by atoms with Crippen LogP contribution in [0.4, 0.5) is 4.79 Å². The Morgan fingerprint density at radius 3 is 2.32 bits per heavy atom. The van der Waals surface area contributed by atoms with E-state index >= 15 is 0 Å². The van der Waals surface area contributed by atoms with Gasteiger partial charge in [0.15, 0.2) is 0 Å². The molecule has 4 nitrogen and oxygen atoms in total. The average Bonchev–Trinajstić information content (AvgIpc) is 2.49. The second-order valence-electron chi connectivity index (χ2n) is 6.55. The number of likely N-dealkylation sites (tertiary alicyclic amines) is 1. The minimum absolute atomic E-state index is 0.171. The van der Waals surface area contributed by atoms with Crippen LogP contribution in [0.2, 0.25) is 0 Å². The van der Waals surface area contributed by atoms with Crippen LogP contribution in [0.3, 0.4) is 0 Å². The minimum atomic E-state index is -0.412. The maximum Gasteiger partial charge on any atom is 0.410 e. The summed E-state index contributed by atoms with van der Waals surface area (Å²) in [5, 5.41) is 0. The summed E-state index contributed by atoms with van der Waals surface area (Å²) in [4.78, 5) is 14.0. The van der Waals surface area contributed by atoms with E-state index < -0.39 is 5.60 Å². The molecule has 1 aliphatic rings. The van der Waals surface area contributed by atoms with E-state index in [0.717, 1.165) is 38.9 Å². The highest BCUT2D eigenvalue weighted by molar-refractivity contribution is 5.68. The lowest BCUT2D eigenvalue weighted by molar-refractivity contribution is 0.0254. The fourth-order valence-electron chi connectivity index (χ4n) is 2.87. The summed E-state index contributed by atoms with van der Waals surface area (Å²) in [7, 11) is 0. The van der Waals surface area contributed by atoms with Gasteiger partial charge in [0.1, 0.15) is 5.60 Å². The molecule has 1 saturated heterocycles. The van der Waals surface area contributed by atoms with Gasteiger partial charge in [0.2, 0.25) is 0 Å². The highest BCUT2D eigenvalue weighted by Gasteiger charge is 2.29. The number of hydrogen-bond acceptors (Lipinski definition) is 3. The molecule has 0 aromatic heterocycles. The van der Waals surface area contributed by atoms with Crippen molar-refractivity contribution in [1.82, 2.24) is 4.90 Å². The van der Waals surface area contributed by atoms with Crippen LogP contribution in [-0.2, 0) is 4.74 Å². The molecule has 4 heteroatoms. The molecule has 0 bridgehead atoms. The Bertz CT molecular complexity index is 286. The van der Waals surface area contributed by atoms with E-state index in [9.17, 15) is 4.79 Å². The van der Waals surface area contributed by atoms with Crippen LogP contribution in [0.25, 0.3) is 0 Å². The van der Waals surface area contributed by atoms with Crippen LogP contribution in [0.15, 0.2) is 0 Å². The van der Waals surface area contributed by atoms with Gasteiger partial charge < -0.3 is 15.4 Å². The molecular weight excluding hydrogens is 240 g/mol. The number of nitrogens with zero attached hydrogens (tertiary/aromatic N) is 1. The molecule has 0 aromatic carbocycles. The normalized spacial score (nSPS) is 25.0. The maximum atomic E-state index is 12.1. The van der Waals surface area contributed by atoms with E-state index in [0.29, 0.717) is 11.8 Å². The van der Waals surface area contributed by atoms with Gasteiger partial charge in [0, 0.05) is 13.1 Å². The van der Waals surface area contributed by atoms with Gasteiger partial charge in [-0.05, 0) is 58.4 Å². The molecule has 0 radical (unpaired) electrons. The average molecular weight is 270 g/mol. The molecule has 2 atom stereocenters. The third kappa shape index (κ3) is 5.39. The number of rotatable bonds is 3. The van der Waals surface area contributed by atoms with Crippen molar-refractivity contribution in [3.8, 4) is 0 Å². The third-order valence-corrected chi connectivity index (χ3v) is 3.92. The minimum Gasteiger partial charge on any atom is -0.444 e. The number of nitrogens with two attached hydrogens (primary N) is 1. The fraction of sp³-hybridized carbons (Fsp3) is 0.933. The quantitative estimate of drug-likeness (QED) is 0.857. The summed E-state index contributed by atoms with van der Waals surface area (Å²) in [6, 6.07) is 0. The van der Waals surface area contributed by atoms with Gasteiger partial charge in [-0.15, -0.1) is 0 Å². The smallest absolute Gasteiger partial charge is 0.410 e. The second-order valence-corrected chi connectivity index (χ2v) is 6.55. The molecule has 2 N–H and O–H groups in total. The Morgan fingerprint density at radius 1 is 1.26 bits per heavy atom. The van der Waals surface area contributed by atoms with Crippen molar-refractivity contribution in [1.29, 1.82) is 0 Å². The number of ether oxygens (including phenoxy) is 1. The van der Waals surface area contributed by atoms with Gasteiger partial charge in [-0.25, -0.2) is 4.79 Å². The van der Waals surface area contributed by atoms with Crippen LogP contribution in [0, 0.1) is 11.8 Å². The first-order valence-corrected chi connectivity index (χ1v) is 7.55. The van der Waals surface area contributed by atoms with E-state index in [1.54, 1.807) is 0 Å². The molecule has 0 saturated carbocycles. The molecule has 19 heavy (non-hydrogen) atoms. The molecule has 1 heterocycles. The number of hydrogen-bond donors (Lipinski definition) is 1. The highest BCUT2D eigenvalue weighted by Crippen LogP contribution is 2.29. The Hall–Kier alpha value is -0.770. The van der Waals surface area contributed by atoms with Gasteiger partial charge in [0.05, 0.1) is 0 Å². The first-order chi connectivity index (χ1) is 8.87. The lowest BCUT2D eigenvalue weighted by Gasteiger charge is -2.26. The topological polar surface area (TPSA) is 55.6 Å². The Kier molecular flexibility index (Phi) is 6.11. The van der Waals surface area contributed by atoms with Crippen molar-refractivity contribution >= 4 is 6.09 Å². The van der Waals surface area contributed by atoms with Gasteiger partial charge in [-0.1, -0.05) is 13.3 Å².